The van der Waals surface area contributed by atoms with Crippen molar-refractivity contribution in [2.75, 3.05) is 25.4 Å². The average Bonchev–Trinajstić information content (AvgIpc) is 2.67. The number of piperidine rings is 1. The number of rotatable bonds is 4. The number of hydrogen-bond donors (Lipinski definition) is 1. The molecule has 28 heavy (non-hydrogen) atoms. The Morgan fingerprint density at radius 3 is 2.43 bits per heavy atom. The van der Waals surface area contributed by atoms with Gasteiger partial charge in [0.1, 0.15) is 11.4 Å². The number of benzene rings is 2. The minimum atomic E-state index is -0.458. The number of carbonyl (C=O) groups excluding carboxylic acids is 1. The molecule has 0 bridgehead atoms. The molecule has 1 amide bonds. The van der Waals surface area contributed by atoms with E-state index in [-0.39, 0.29) is 6.09 Å². The van der Waals surface area contributed by atoms with E-state index in [4.69, 9.17) is 15.2 Å². The smallest absolute Gasteiger partial charge is 0.410 e. The SMILES string of the molecule is CC(C)(C)OC(=O)N1CCC(COc2ccc(N)cc2-c2ccccc2)CC1. The number of nitrogen functional groups attached to an aromatic ring is 1. The van der Waals surface area contributed by atoms with Gasteiger partial charge in [0, 0.05) is 24.3 Å². The van der Waals surface area contributed by atoms with Gasteiger partial charge >= 0.3 is 6.09 Å². The zero-order valence-corrected chi connectivity index (χ0v) is 17.0. The first-order valence-corrected chi connectivity index (χ1v) is 9.87. The van der Waals surface area contributed by atoms with E-state index in [0.717, 1.165) is 35.4 Å². The number of carbonyl (C=O) groups is 1. The van der Waals surface area contributed by atoms with E-state index < -0.39 is 5.60 Å². The van der Waals surface area contributed by atoms with Gasteiger partial charge in [0.2, 0.25) is 0 Å². The number of nitrogens with zero attached hydrogens (tertiary/aromatic N) is 1. The molecule has 0 atom stereocenters. The quantitative estimate of drug-likeness (QED) is 0.759. The van der Waals surface area contributed by atoms with Gasteiger partial charge in [-0.2, -0.15) is 0 Å². The number of hydrogen-bond acceptors (Lipinski definition) is 4. The number of likely N-dealkylation sites (tertiary alicyclic amines) is 1. The van der Waals surface area contributed by atoms with Crippen LogP contribution in [0.1, 0.15) is 33.6 Å². The van der Waals surface area contributed by atoms with E-state index in [1.165, 1.54) is 0 Å². The molecular weight excluding hydrogens is 352 g/mol. The van der Waals surface area contributed by atoms with Crippen molar-refractivity contribution >= 4 is 11.8 Å². The third-order valence-corrected chi connectivity index (χ3v) is 4.83. The van der Waals surface area contributed by atoms with Crippen LogP contribution in [-0.2, 0) is 4.74 Å². The number of anilines is 1. The maximum absolute atomic E-state index is 12.2. The molecule has 1 fully saturated rings. The first-order chi connectivity index (χ1) is 13.3. The molecule has 0 spiro atoms. The Balaban J connectivity index is 1.57. The van der Waals surface area contributed by atoms with Crippen molar-refractivity contribution in [3.8, 4) is 16.9 Å². The van der Waals surface area contributed by atoms with Crippen molar-refractivity contribution < 1.29 is 14.3 Å². The lowest BCUT2D eigenvalue weighted by atomic mass is 9.98. The van der Waals surface area contributed by atoms with Crippen molar-refractivity contribution in [3.63, 3.8) is 0 Å². The van der Waals surface area contributed by atoms with Gasteiger partial charge < -0.3 is 20.1 Å². The standard InChI is InChI=1S/C23H30N2O3/c1-23(2,3)28-22(26)25-13-11-17(12-14-25)16-27-21-10-9-19(24)15-20(21)18-7-5-4-6-8-18/h4-10,15,17H,11-14,16,24H2,1-3H3. The van der Waals surface area contributed by atoms with E-state index in [1.807, 2.05) is 57.2 Å². The summed E-state index contributed by atoms with van der Waals surface area (Å²) in [6.45, 7) is 7.71. The van der Waals surface area contributed by atoms with Gasteiger partial charge in [0.25, 0.3) is 0 Å². The average molecular weight is 383 g/mol. The molecule has 1 aliphatic rings. The highest BCUT2D eigenvalue weighted by Gasteiger charge is 2.27. The lowest BCUT2D eigenvalue weighted by Crippen LogP contribution is -2.42. The second kappa shape index (κ2) is 8.55. The Morgan fingerprint density at radius 1 is 1.11 bits per heavy atom. The summed E-state index contributed by atoms with van der Waals surface area (Å²) in [5, 5.41) is 0. The minimum Gasteiger partial charge on any atom is -0.493 e. The summed E-state index contributed by atoms with van der Waals surface area (Å²) in [5.74, 6) is 1.26. The van der Waals surface area contributed by atoms with Crippen LogP contribution in [0, 0.1) is 5.92 Å². The molecule has 0 saturated carbocycles. The molecule has 0 unspecified atom stereocenters. The van der Waals surface area contributed by atoms with Gasteiger partial charge in [-0.3, -0.25) is 0 Å². The molecule has 2 N–H and O–H groups in total. The zero-order chi connectivity index (χ0) is 20.1. The first kappa shape index (κ1) is 20.1. The minimum absolute atomic E-state index is 0.225. The zero-order valence-electron chi connectivity index (χ0n) is 17.0. The Kier molecular flexibility index (Phi) is 6.12. The van der Waals surface area contributed by atoms with Gasteiger partial charge in [-0.25, -0.2) is 4.79 Å². The molecular formula is C23H30N2O3. The summed E-state index contributed by atoms with van der Waals surface area (Å²) in [5.41, 5.74) is 8.34. The number of nitrogens with two attached hydrogens (primary N) is 1. The van der Waals surface area contributed by atoms with Crippen LogP contribution >= 0.6 is 0 Å². The van der Waals surface area contributed by atoms with E-state index >= 15 is 0 Å². The van der Waals surface area contributed by atoms with Crippen molar-refractivity contribution in [1.82, 2.24) is 4.90 Å². The summed E-state index contributed by atoms with van der Waals surface area (Å²) >= 11 is 0. The van der Waals surface area contributed by atoms with E-state index in [1.54, 1.807) is 4.90 Å². The predicted octanol–water partition coefficient (Wildman–Crippen LogP) is 4.96. The normalized spacial score (nSPS) is 15.3. The van der Waals surface area contributed by atoms with Crippen LogP contribution in [-0.4, -0.2) is 36.3 Å². The topological polar surface area (TPSA) is 64.8 Å². The van der Waals surface area contributed by atoms with Crippen molar-refractivity contribution in [3.05, 3.63) is 48.5 Å². The van der Waals surface area contributed by atoms with Crippen LogP contribution in [0.5, 0.6) is 5.75 Å². The fourth-order valence-corrected chi connectivity index (χ4v) is 3.33. The fourth-order valence-electron chi connectivity index (χ4n) is 3.33. The molecule has 150 valence electrons. The van der Waals surface area contributed by atoms with Crippen molar-refractivity contribution in [1.29, 1.82) is 0 Å². The third-order valence-electron chi connectivity index (χ3n) is 4.83. The molecule has 2 aromatic rings. The molecule has 5 heteroatoms. The second-order valence-electron chi connectivity index (χ2n) is 8.34. The van der Waals surface area contributed by atoms with Gasteiger partial charge in [-0.05, 0) is 63.3 Å². The fraction of sp³-hybridized carbons (Fsp3) is 0.435. The van der Waals surface area contributed by atoms with Crippen LogP contribution in [0.15, 0.2) is 48.5 Å². The molecule has 1 aliphatic heterocycles. The lowest BCUT2D eigenvalue weighted by Gasteiger charge is -2.33. The van der Waals surface area contributed by atoms with Gasteiger partial charge in [0.05, 0.1) is 6.61 Å². The number of ether oxygens (including phenoxy) is 2. The van der Waals surface area contributed by atoms with Crippen LogP contribution in [0.25, 0.3) is 11.1 Å². The van der Waals surface area contributed by atoms with Gasteiger partial charge in [0.15, 0.2) is 0 Å². The monoisotopic (exact) mass is 382 g/mol. The highest BCUT2D eigenvalue weighted by atomic mass is 16.6. The summed E-state index contributed by atoms with van der Waals surface area (Å²) < 4.78 is 11.6. The van der Waals surface area contributed by atoms with Crippen LogP contribution in [0.2, 0.25) is 0 Å². The van der Waals surface area contributed by atoms with Crippen molar-refractivity contribution in [2.45, 2.75) is 39.2 Å². The molecule has 0 aliphatic carbocycles. The predicted molar refractivity (Wildman–Crippen MR) is 112 cm³/mol. The Labute approximate surface area is 167 Å². The van der Waals surface area contributed by atoms with E-state index in [2.05, 4.69) is 12.1 Å². The Morgan fingerprint density at radius 2 is 1.79 bits per heavy atom. The summed E-state index contributed by atoms with van der Waals surface area (Å²) in [7, 11) is 0. The molecule has 2 aromatic carbocycles. The summed E-state index contributed by atoms with van der Waals surface area (Å²) in [4.78, 5) is 14.0. The highest BCUT2D eigenvalue weighted by Crippen LogP contribution is 2.32. The van der Waals surface area contributed by atoms with Crippen LogP contribution < -0.4 is 10.5 Å². The van der Waals surface area contributed by atoms with E-state index in [9.17, 15) is 4.79 Å². The highest BCUT2D eigenvalue weighted by molar-refractivity contribution is 5.73. The lowest BCUT2D eigenvalue weighted by molar-refractivity contribution is 0.0165. The molecule has 0 aromatic heterocycles. The Hall–Kier alpha value is -2.69. The maximum Gasteiger partial charge on any atom is 0.410 e. The second-order valence-corrected chi connectivity index (χ2v) is 8.34. The Bertz CT molecular complexity index is 791. The van der Waals surface area contributed by atoms with Crippen LogP contribution in [0.4, 0.5) is 10.5 Å². The first-order valence-electron chi connectivity index (χ1n) is 9.87. The molecule has 0 radical (unpaired) electrons. The number of amides is 1. The van der Waals surface area contributed by atoms with E-state index in [0.29, 0.717) is 25.6 Å². The maximum atomic E-state index is 12.2. The van der Waals surface area contributed by atoms with Crippen LogP contribution in [0.3, 0.4) is 0 Å². The third kappa shape index (κ3) is 5.41. The molecule has 1 saturated heterocycles. The van der Waals surface area contributed by atoms with Gasteiger partial charge in [-0.15, -0.1) is 0 Å². The summed E-state index contributed by atoms with van der Waals surface area (Å²) in [6, 6.07) is 15.9. The van der Waals surface area contributed by atoms with Gasteiger partial charge in [-0.1, -0.05) is 30.3 Å². The summed E-state index contributed by atoms with van der Waals surface area (Å²) in [6.07, 6.45) is 1.60. The molecule has 5 nitrogen and oxygen atoms in total. The largest absolute Gasteiger partial charge is 0.493 e. The van der Waals surface area contributed by atoms with Crippen molar-refractivity contribution in [2.24, 2.45) is 5.92 Å². The molecule has 3 rings (SSSR count). The molecule has 1 heterocycles.